The molecule has 28 heavy (non-hydrogen) atoms. The van der Waals surface area contributed by atoms with E-state index in [9.17, 15) is 14.4 Å². The van der Waals surface area contributed by atoms with Crippen LogP contribution in [-0.2, 0) is 32.0 Å². The lowest BCUT2D eigenvalue weighted by Gasteiger charge is -2.36. The van der Waals surface area contributed by atoms with Gasteiger partial charge in [0.1, 0.15) is 5.41 Å². The molecule has 2 rings (SSSR count). The van der Waals surface area contributed by atoms with Gasteiger partial charge in [-0.3, -0.25) is 14.4 Å². The molecule has 1 aliphatic rings. The van der Waals surface area contributed by atoms with E-state index in [-0.39, 0.29) is 24.8 Å². The van der Waals surface area contributed by atoms with Gasteiger partial charge in [-0.25, -0.2) is 0 Å². The van der Waals surface area contributed by atoms with Crippen LogP contribution in [0.3, 0.4) is 0 Å². The summed E-state index contributed by atoms with van der Waals surface area (Å²) in [4.78, 5) is 36.6. The van der Waals surface area contributed by atoms with Gasteiger partial charge in [-0.15, -0.1) is 0 Å². The Hall–Kier alpha value is -2.08. The van der Waals surface area contributed by atoms with Crippen LogP contribution in [0.2, 0.25) is 5.02 Å². The van der Waals surface area contributed by atoms with Gasteiger partial charge >= 0.3 is 5.97 Å². The molecule has 2 N–H and O–H groups in total. The first-order chi connectivity index (χ1) is 13.4. The van der Waals surface area contributed by atoms with Gasteiger partial charge in [-0.2, -0.15) is 0 Å². The molecule has 154 valence electrons. The number of rotatable bonds is 9. The summed E-state index contributed by atoms with van der Waals surface area (Å²) in [7, 11) is 1.52. The highest BCUT2D eigenvalue weighted by molar-refractivity contribution is 6.32. The lowest BCUT2D eigenvalue weighted by Crippen LogP contribution is -2.51. The van der Waals surface area contributed by atoms with Crippen molar-refractivity contribution in [3.05, 3.63) is 28.3 Å². The van der Waals surface area contributed by atoms with Crippen LogP contribution in [-0.4, -0.2) is 31.4 Å². The van der Waals surface area contributed by atoms with Crippen molar-refractivity contribution in [1.29, 1.82) is 0 Å². The number of esters is 1. The largest absolute Gasteiger partial charge is 0.465 e. The average Bonchev–Trinajstić information content (AvgIpc) is 2.64. The van der Waals surface area contributed by atoms with Gasteiger partial charge in [-0.1, -0.05) is 37.9 Å². The summed E-state index contributed by atoms with van der Waals surface area (Å²) in [6, 6.07) is 3.78. The van der Waals surface area contributed by atoms with Crippen LogP contribution in [0.5, 0.6) is 0 Å². The van der Waals surface area contributed by atoms with E-state index in [1.54, 1.807) is 0 Å². The van der Waals surface area contributed by atoms with Crippen LogP contribution in [0, 0.1) is 5.41 Å². The molecule has 0 atom stereocenters. The summed E-state index contributed by atoms with van der Waals surface area (Å²) in [5.74, 6) is -0.927. The van der Waals surface area contributed by atoms with Crippen LogP contribution in [0.1, 0.15) is 57.1 Å². The molecule has 1 aliphatic carbocycles. The average molecular weight is 409 g/mol. The second kappa shape index (κ2) is 9.92. The Morgan fingerprint density at radius 1 is 1.18 bits per heavy atom. The number of nitrogens with one attached hydrogen (secondary N) is 2. The molecule has 7 heteroatoms. The lowest BCUT2D eigenvalue weighted by molar-refractivity contribution is -0.167. The summed E-state index contributed by atoms with van der Waals surface area (Å²) < 4.78 is 5.28. The molecular formula is C21H29ClN2O4. The number of carbonyl (C=O) groups is 3. The number of hydrogen-bond donors (Lipinski definition) is 2. The highest BCUT2D eigenvalue weighted by atomic mass is 35.5. The smallest absolute Gasteiger partial charge is 0.321 e. The molecule has 0 aromatic heterocycles. The van der Waals surface area contributed by atoms with E-state index < -0.39 is 11.4 Å². The van der Waals surface area contributed by atoms with Gasteiger partial charge in [0.2, 0.25) is 11.8 Å². The molecule has 0 spiro atoms. The number of carbonyl (C=O) groups excluding carboxylic acids is 3. The third-order valence-electron chi connectivity index (χ3n) is 5.38. The van der Waals surface area contributed by atoms with E-state index in [1.807, 2.05) is 26.0 Å². The molecular weight excluding hydrogens is 380 g/mol. The number of anilines is 1. The molecule has 0 unspecified atom stereocenters. The summed E-state index contributed by atoms with van der Waals surface area (Å²) >= 11 is 6.26. The minimum atomic E-state index is -1.04. The fourth-order valence-electron chi connectivity index (χ4n) is 3.50. The van der Waals surface area contributed by atoms with Crippen LogP contribution in [0.15, 0.2) is 12.1 Å². The summed E-state index contributed by atoms with van der Waals surface area (Å²) in [5, 5.41) is 6.14. The molecule has 1 saturated carbocycles. The van der Waals surface area contributed by atoms with Crippen molar-refractivity contribution in [2.24, 2.45) is 5.41 Å². The van der Waals surface area contributed by atoms with Gasteiger partial charge in [-0.05, 0) is 49.3 Å². The molecule has 0 heterocycles. The standard InChI is InChI=1S/C21H29ClN2O4/c1-4-14-9-10-16(22)15(5-2)18(14)24-17(25)8-6-13-28-20(27)21(11-7-12-21)19(26)23-3/h9-10H,4-8,11-13H2,1-3H3,(H,23,26)(H,24,25). The normalized spacial score (nSPS) is 14.7. The van der Waals surface area contributed by atoms with Crippen LogP contribution in [0.4, 0.5) is 5.69 Å². The topological polar surface area (TPSA) is 84.5 Å². The number of amides is 2. The first kappa shape index (κ1) is 22.2. The fraction of sp³-hybridized carbons (Fsp3) is 0.571. The minimum Gasteiger partial charge on any atom is -0.465 e. The molecule has 0 bridgehead atoms. The zero-order valence-corrected chi connectivity index (χ0v) is 17.6. The second-order valence-electron chi connectivity index (χ2n) is 7.07. The predicted molar refractivity (Wildman–Crippen MR) is 109 cm³/mol. The van der Waals surface area contributed by atoms with E-state index in [1.165, 1.54) is 7.05 Å². The highest BCUT2D eigenvalue weighted by Gasteiger charge is 2.51. The van der Waals surface area contributed by atoms with E-state index in [4.69, 9.17) is 16.3 Å². The fourth-order valence-corrected chi connectivity index (χ4v) is 3.79. The monoisotopic (exact) mass is 408 g/mol. The molecule has 1 aromatic carbocycles. The molecule has 0 radical (unpaired) electrons. The van der Waals surface area contributed by atoms with Crippen molar-refractivity contribution in [3.63, 3.8) is 0 Å². The van der Waals surface area contributed by atoms with E-state index in [2.05, 4.69) is 10.6 Å². The van der Waals surface area contributed by atoms with Crippen molar-refractivity contribution in [2.45, 2.75) is 58.8 Å². The molecule has 0 saturated heterocycles. The van der Waals surface area contributed by atoms with Gasteiger partial charge in [0.05, 0.1) is 6.61 Å². The van der Waals surface area contributed by atoms with Crippen molar-refractivity contribution in [3.8, 4) is 0 Å². The Morgan fingerprint density at radius 3 is 2.43 bits per heavy atom. The maximum absolute atomic E-state index is 12.4. The van der Waals surface area contributed by atoms with Crippen molar-refractivity contribution in [1.82, 2.24) is 5.32 Å². The number of halogens is 1. The van der Waals surface area contributed by atoms with Crippen molar-refractivity contribution < 1.29 is 19.1 Å². The first-order valence-electron chi connectivity index (χ1n) is 9.89. The number of ether oxygens (including phenoxy) is 1. The second-order valence-corrected chi connectivity index (χ2v) is 7.48. The SMILES string of the molecule is CCc1ccc(Cl)c(CC)c1NC(=O)CCCOC(=O)C1(C(=O)NC)CCC1. The summed E-state index contributed by atoms with van der Waals surface area (Å²) in [6.07, 6.45) is 4.00. The number of benzene rings is 1. The van der Waals surface area contributed by atoms with Crippen molar-refractivity contribution >= 4 is 35.1 Å². The molecule has 2 amide bonds. The van der Waals surface area contributed by atoms with Crippen LogP contribution >= 0.6 is 11.6 Å². The first-order valence-corrected chi connectivity index (χ1v) is 10.3. The molecule has 1 fully saturated rings. The minimum absolute atomic E-state index is 0.113. The zero-order chi connectivity index (χ0) is 20.7. The molecule has 1 aromatic rings. The number of aryl methyl sites for hydroxylation is 1. The van der Waals surface area contributed by atoms with Gasteiger partial charge in [0.15, 0.2) is 0 Å². The van der Waals surface area contributed by atoms with Crippen LogP contribution < -0.4 is 10.6 Å². The third kappa shape index (κ3) is 4.66. The van der Waals surface area contributed by atoms with Gasteiger partial charge in [0, 0.05) is 24.2 Å². The summed E-state index contributed by atoms with van der Waals surface area (Å²) in [5.41, 5.74) is 1.72. The van der Waals surface area contributed by atoms with E-state index in [0.29, 0.717) is 24.3 Å². The Labute approximate surface area is 171 Å². The quantitative estimate of drug-likeness (QED) is 0.371. The zero-order valence-electron chi connectivity index (χ0n) is 16.8. The Balaban J connectivity index is 1.86. The van der Waals surface area contributed by atoms with Crippen molar-refractivity contribution in [2.75, 3.05) is 19.0 Å². The molecule has 0 aliphatic heterocycles. The van der Waals surface area contributed by atoms with Gasteiger partial charge in [0.25, 0.3) is 0 Å². The summed E-state index contributed by atoms with van der Waals surface area (Å²) in [6.45, 7) is 4.14. The lowest BCUT2D eigenvalue weighted by atomic mass is 9.68. The Morgan fingerprint density at radius 2 is 1.89 bits per heavy atom. The predicted octanol–water partition coefficient (Wildman–Crippen LogP) is 3.64. The molecule has 6 nitrogen and oxygen atoms in total. The van der Waals surface area contributed by atoms with Gasteiger partial charge < -0.3 is 15.4 Å². The van der Waals surface area contributed by atoms with E-state index in [0.717, 1.165) is 36.1 Å². The highest BCUT2D eigenvalue weighted by Crippen LogP contribution is 2.42. The maximum Gasteiger partial charge on any atom is 0.321 e. The van der Waals surface area contributed by atoms with Crippen LogP contribution in [0.25, 0.3) is 0 Å². The van der Waals surface area contributed by atoms with E-state index >= 15 is 0 Å². The maximum atomic E-state index is 12.4. The Bertz CT molecular complexity index is 744. The number of hydrogen-bond acceptors (Lipinski definition) is 4. The third-order valence-corrected chi connectivity index (χ3v) is 5.74. The Kier molecular flexibility index (Phi) is 7.87.